The van der Waals surface area contributed by atoms with Crippen molar-refractivity contribution >= 4 is 11.7 Å². The lowest BCUT2D eigenvalue weighted by Gasteiger charge is -2.06. The number of hydrogen-bond acceptors (Lipinski definition) is 8. The number of hydrogen-bond donors (Lipinski definition) is 1. The van der Waals surface area contributed by atoms with Gasteiger partial charge in [0.25, 0.3) is 0 Å². The van der Waals surface area contributed by atoms with Crippen LogP contribution in [0.3, 0.4) is 0 Å². The van der Waals surface area contributed by atoms with Crippen molar-refractivity contribution in [1.82, 2.24) is 34.7 Å². The van der Waals surface area contributed by atoms with Gasteiger partial charge in [0.05, 0.1) is 32.2 Å². The molecule has 0 aromatic carbocycles. The van der Waals surface area contributed by atoms with Crippen molar-refractivity contribution in [3.63, 3.8) is 0 Å². The summed E-state index contributed by atoms with van der Waals surface area (Å²) >= 11 is 0. The Hall–Kier alpha value is -3.50. The van der Waals surface area contributed by atoms with Crippen LogP contribution >= 0.6 is 0 Å². The molecule has 0 fully saturated rings. The molecular weight excluding hydrogens is 340 g/mol. The number of methoxy groups -OCH3 is 2. The smallest absolute Gasteiger partial charge is 0.319 e. The van der Waals surface area contributed by atoms with Crippen molar-refractivity contribution in [2.75, 3.05) is 19.5 Å². The maximum Gasteiger partial charge on any atom is 0.319 e. The summed E-state index contributed by atoms with van der Waals surface area (Å²) in [6.45, 7) is 2.64. The fraction of sp³-hybridized carbons (Fsp3) is 0.333. The normalized spacial score (nSPS) is 10.6. The molecule has 3 rings (SSSR count). The molecule has 0 bridgehead atoms. The molecule has 0 atom stereocenters. The Labute approximate surface area is 149 Å². The lowest BCUT2D eigenvalue weighted by atomic mass is 10.2. The monoisotopic (exact) mass is 358 g/mol. The largest absolute Gasteiger partial charge is 0.480 e. The van der Waals surface area contributed by atoms with E-state index < -0.39 is 0 Å². The van der Waals surface area contributed by atoms with E-state index in [1.807, 2.05) is 6.92 Å². The van der Waals surface area contributed by atoms with Gasteiger partial charge in [0.1, 0.15) is 6.54 Å². The van der Waals surface area contributed by atoms with E-state index in [1.54, 1.807) is 29.5 Å². The minimum absolute atomic E-state index is 0.0261. The average molecular weight is 358 g/mol. The molecular formula is C15H18N8O3. The Bertz CT molecular complexity index is 904. The summed E-state index contributed by atoms with van der Waals surface area (Å²) in [5.41, 5.74) is 1.36. The zero-order valence-electron chi connectivity index (χ0n) is 14.6. The summed E-state index contributed by atoms with van der Waals surface area (Å²) in [4.78, 5) is 20.3. The standard InChI is InChI=1S/C15H18N8O3/c1-4-22-8-12(20-21-22)18-13(24)9-23-7-10(5-17-23)11-6-16-15(26-3)19-14(11)25-2/h5-8H,4,9H2,1-3H3,(H,18,24). The third-order valence-electron chi connectivity index (χ3n) is 3.49. The Kier molecular flexibility index (Phi) is 5.06. The van der Waals surface area contributed by atoms with Crippen LogP contribution in [0.25, 0.3) is 11.1 Å². The van der Waals surface area contributed by atoms with E-state index in [0.717, 1.165) is 0 Å². The van der Waals surface area contributed by atoms with Crippen molar-refractivity contribution < 1.29 is 14.3 Å². The lowest BCUT2D eigenvalue weighted by Crippen LogP contribution is -2.19. The third-order valence-corrected chi connectivity index (χ3v) is 3.49. The number of carbonyl (C=O) groups excluding carboxylic acids is 1. The zero-order valence-corrected chi connectivity index (χ0v) is 14.6. The van der Waals surface area contributed by atoms with Gasteiger partial charge in [-0.15, -0.1) is 5.10 Å². The predicted octanol–water partition coefficient (Wildman–Crippen LogP) is 0.607. The van der Waals surface area contributed by atoms with E-state index >= 15 is 0 Å². The molecule has 1 N–H and O–H groups in total. The Morgan fingerprint density at radius 1 is 1.19 bits per heavy atom. The topological polar surface area (TPSA) is 122 Å². The molecule has 3 aromatic rings. The number of nitrogens with one attached hydrogen (secondary N) is 1. The highest BCUT2D eigenvalue weighted by molar-refractivity contribution is 5.89. The average Bonchev–Trinajstić information content (AvgIpc) is 3.30. The molecule has 0 saturated carbocycles. The molecule has 0 aliphatic rings. The van der Waals surface area contributed by atoms with Gasteiger partial charge in [0.2, 0.25) is 11.8 Å². The summed E-state index contributed by atoms with van der Waals surface area (Å²) in [5.74, 6) is 0.493. The van der Waals surface area contributed by atoms with Crippen molar-refractivity contribution in [1.29, 1.82) is 0 Å². The van der Waals surface area contributed by atoms with Crippen LogP contribution < -0.4 is 14.8 Å². The van der Waals surface area contributed by atoms with Crippen LogP contribution in [0, 0.1) is 0 Å². The fourth-order valence-corrected chi connectivity index (χ4v) is 2.23. The summed E-state index contributed by atoms with van der Waals surface area (Å²) < 4.78 is 13.4. The second-order valence-electron chi connectivity index (χ2n) is 5.21. The number of nitrogens with zero attached hydrogens (tertiary/aromatic N) is 7. The summed E-state index contributed by atoms with van der Waals surface area (Å²) in [7, 11) is 2.98. The van der Waals surface area contributed by atoms with Crippen molar-refractivity contribution in [2.45, 2.75) is 20.0 Å². The number of anilines is 1. The van der Waals surface area contributed by atoms with E-state index in [4.69, 9.17) is 9.47 Å². The van der Waals surface area contributed by atoms with E-state index in [0.29, 0.717) is 29.4 Å². The minimum atomic E-state index is -0.263. The molecule has 0 saturated heterocycles. The maximum atomic E-state index is 12.1. The van der Waals surface area contributed by atoms with Crippen LogP contribution in [0.15, 0.2) is 24.8 Å². The molecule has 0 unspecified atom stereocenters. The number of aromatic nitrogens is 7. The minimum Gasteiger partial charge on any atom is -0.480 e. The van der Waals surface area contributed by atoms with E-state index in [-0.39, 0.29) is 18.5 Å². The van der Waals surface area contributed by atoms with Gasteiger partial charge in [0, 0.05) is 24.5 Å². The Morgan fingerprint density at radius 3 is 2.73 bits per heavy atom. The number of carbonyl (C=O) groups is 1. The number of aryl methyl sites for hydroxylation is 1. The Morgan fingerprint density at radius 2 is 2.04 bits per heavy atom. The van der Waals surface area contributed by atoms with Gasteiger partial charge in [-0.05, 0) is 6.92 Å². The molecule has 3 aromatic heterocycles. The molecule has 136 valence electrons. The second kappa shape index (κ2) is 7.59. The van der Waals surface area contributed by atoms with Crippen LogP contribution in [-0.2, 0) is 17.9 Å². The molecule has 3 heterocycles. The second-order valence-corrected chi connectivity index (χ2v) is 5.21. The van der Waals surface area contributed by atoms with Crippen molar-refractivity contribution in [3.05, 3.63) is 24.8 Å². The van der Waals surface area contributed by atoms with Crippen LogP contribution in [0.1, 0.15) is 6.92 Å². The molecule has 26 heavy (non-hydrogen) atoms. The summed E-state index contributed by atoms with van der Waals surface area (Å²) in [5, 5.41) is 14.6. The van der Waals surface area contributed by atoms with E-state index in [1.165, 1.54) is 18.9 Å². The SMILES string of the molecule is CCn1cc(NC(=O)Cn2cc(-c3cnc(OC)nc3OC)cn2)nn1. The molecule has 1 amide bonds. The fourth-order valence-electron chi connectivity index (χ4n) is 2.23. The number of rotatable bonds is 7. The van der Waals surface area contributed by atoms with Crippen LogP contribution in [0.2, 0.25) is 0 Å². The zero-order chi connectivity index (χ0) is 18.5. The van der Waals surface area contributed by atoms with Crippen molar-refractivity contribution in [2.24, 2.45) is 0 Å². The van der Waals surface area contributed by atoms with Gasteiger partial charge < -0.3 is 14.8 Å². The van der Waals surface area contributed by atoms with Gasteiger partial charge >= 0.3 is 6.01 Å². The van der Waals surface area contributed by atoms with Gasteiger partial charge in [-0.1, -0.05) is 5.21 Å². The molecule has 0 radical (unpaired) electrons. The molecule has 11 heteroatoms. The lowest BCUT2D eigenvalue weighted by molar-refractivity contribution is -0.116. The van der Waals surface area contributed by atoms with Gasteiger partial charge in [-0.3, -0.25) is 14.2 Å². The molecule has 0 spiro atoms. The molecule has 0 aliphatic carbocycles. The highest BCUT2D eigenvalue weighted by Gasteiger charge is 2.14. The number of amides is 1. The molecule has 0 aliphatic heterocycles. The van der Waals surface area contributed by atoms with Crippen LogP contribution in [0.4, 0.5) is 5.82 Å². The van der Waals surface area contributed by atoms with Gasteiger partial charge in [-0.25, -0.2) is 4.98 Å². The van der Waals surface area contributed by atoms with E-state index in [9.17, 15) is 4.79 Å². The van der Waals surface area contributed by atoms with Gasteiger partial charge in [-0.2, -0.15) is 10.1 Å². The van der Waals surface area contributed by atoms with Crippen LogP contribution in [-0.4, -0.2) is 54.9 Å². The first-order valence-corrected chi connectivity index (χ1v) is 7.80. The van der Waals surface area contributed by atoms with Crippen molar-refractivity contribution in [3.8, 4) is 23.0 Å². The first-order chi connectivity index (χ1) is 12.6. The first-order valence-electron chi connectivity index (χ1n) is 7.80. The predicted molar refractivity (Wildman–Crippen MR) is 90.7 cm³/mol. The van der Waals surface area contributed by atoms with Gasteiger partial charge in [0.15, 0.2) is 5.82 Å². The summed E-state index contributed by atoms with van der Waals surface area (Å²) in [6.07, 6.45) is 6.55. The highest BCUT2D eigenvalue weighted by atomic mass is 16.5. The third kappa shape index (κ3) is 3.77. The van der Waals surface area contributed by atoms with Crippen LogP contribution in [0.5, 0.6) is 11.9 Å². The van der Waals surface area contributed by atoms with E-state index in [2.05, 4.69) is 30.7 Å². The first kappa shape index (κ1) is 17.3. The highest BCUT2D eigenvalue weighted by Crippen LogP contribution is 2.28. The summed E-state index contributed by atoms with van der Waals surface area (Å²) in [6, 6.07) is 0.206. The number of ether oxygens (including phenoxy) is 2. The Balaban J connectivity index is 1.70. The molecule has 11 nitrogen and oxygen atoms in total. The quantitative estimate of drug-likeness (QED) is 0.652. The maximum absolute atomic E-state index is 12.1.